The van der Waals surface area contributed by atoms with Crippen molar-refractivity contribution in [3.63, 3.8) is 0 Å². The second kappa shape index (κ2) is 36.8. The van der Waals surface area contributed by atoms with E-state index in [1.165, 1.54) is 52.6 Å². The minimum Gasteiger partial charge on any atom is -0.545 e. The van der Waals surface area contributed by atoms with Crippen LogP contribution in [-0.4, -0.2) is 35.3 Å². The second-order valence-electron chi connectivity index (χ2n) is 17.5. The molecule has 0 amide bonds. The number of carbonyl (C=O) groups is 3. The molecule has 0 unspecified atom stereocenters. The number of carbonyl (C=O) groups excluding carboxylic acids is 3. The molecule has 0 fully saturated rings. The van der Waals surface area contributed by atoms with E-state index >= 15 is 0 Å². The molecule has 0 spiro atoms. The minimum atomic E-state index is -1.03. The molecule has 354 valence electrons. The molecule has 0 radical (unpaired) electrons. The van der Waals surface area contributed by atoms with Crippen LogP contribution in [0.15, 0.2) is 36.4 Å². The third kappa shape index (κ3) is 21.3. The maximum absolute atomic E-state index is 11.4. The first kappa shape index (κ1) is 60.6. The molecule has 7 heteroatoms. The molecule has 3 aromatic carbocycles. The number of benzene rings is 3. The van der Waals surface area contributed by atoms with Crippen molar-refractivity contribution in [2.75, 3.05) is 0 Å². The van der Waals surface area contributed by atoms with Crippen LogP contribution in [0.4, 0.5) is 0 Å². The summed E-state index contributed by atoms with van der Waals surface area (Å²) in [6.07, 6.45) is 28.9. The average Bonchev–Trinajstić information content (AvgIpc) is 3.28. The molecule has 0 saturated heterocycles. The van der Waals surface area contributed by atoms with Gasteiger partial charge in [0.25, 0.3) is 0 Å². The molecule has 0 aliphatic heterocycles. The molecule has 0 aliphatic carbocycles. The van der Waals surface area contributed by atoms with Gasteiger partial charge in [0.15, 0.2) is 0 Å². The standard InChI is InChI=1S/3C19H30O2.Al/c3*1-4-7-10-15-13-14-18(19(20)21)17(12-9-6-3)16(15)11-8-5-2;/h3*13-14H,4-12H2,1-3H3,(H,20,21);/q;;;+3/p-3. The van der Waals surface area contributed by atoms with E-state index in [1.807, 2.05) is 18.2 Å². The summed E-state index contributed by atoms with van der Waals surface area (Å²) in [6, 6.07) is 11.3. The zero-order valence-electron chi connectivity index (χ0n) is 42.1. The Hall–Kier alpha value is -3.40. The van der Waals surface area contributed by atoms with Gasteiger partial charge >= 0.3 is 17.4 Å². The summed E-state index contributed by atoms with van der Waals surface area (Å²) in [5.74, 6) is -3.08. The van der Waals surface area contributed by atoms with Gasteiger partial charge in [-0.1, -0.05) is 156 Å². The van der Waals surface area contributed by atoms with Crippen LogP contribution in [0.5, 0.6) is 0 Å². The molecule has 64 heavy (non-hydrogen) atoms. The van der Waals surface area contributed by atoms with Gasteiger partial charge in [0.05, 0.1) is 17.9 Å². The number of aromatic carboxylic acids is 3. The molecule has 6 nitrogen and oxygen atoms in total. The first-order valence-electron chi connectivity index (χ1n) is 25.5. The van der Waals surface area contributed by atoms with Crippen LogP contribution >= 0.6 is 0 Å². The van der Waals surface area contributed by atoms with Crippen molar-refractivity contribution in [2.45, 2.75) is 236 Å². The van der Waals surface area contributed by atoms with E-state index in [0.717, 1.165) is 171 Å². The number of hydrogen-bond donors (Lipinski definition) is 0. The van der Waals surface area contributed by atoms with Gasteiger partial charge < -0.3 is 29.7 Å². The Morgan fingerprint density at radius 3 is 0.641 bits per heavy atom. The molecule has 0 saturated carbocycles. The Kier molecular flexibility index (Phi) is 34.8. The zero-order valence-corrected chi connectivity index (χ0v) is 43.2. The van der Waals surface area contributed by atoms with Crippen LogP contribution in [0.1, 0.15) is 259 Å². The molecule has 0 aliphatic rings. The summed E-state index contributed by atoms with van der Waals surface area (Å²) in [4.78, 5) is 34.3. The van der Waals surface area contributed by atoms with Crippen LogP contribution in [0.25, 0.3) is 0 Å². The van der Waals surface area contributed by atoms with Gasteiger partial charge in [0, 0.05) is 16.7 Å². The van der Waals surface area contributed by atoms with Gasteiger partial charge in [-0.25, -0.2) is 0 Å². The van der Waals surface area contributed by atoms with E-state index in [0.29, 0.717) is 16.7 Å². The van der Waals surface area contributed by atoms with Gasteiger partial charge in [-0.15, -0.1) is 0 Å². The van der Waals surface area contributed by atoms with Gasteiger partial charge in [0.1, 0.15) is 0 Å². The molecule has 0 atom stereocenters. The third-order valence-corrected chi connectivity index (χ3v) is 12.3. The van der Waals surface area contributed by atoms with Crippen molar-refractivity contribution in [1.82, 2.24) is 0 Å². The summed E-state index contributed by atoms with van der Waals surface area (Å²) >= 11 is 0. The van der Waals surface area contributed by atoms with E-state index < -0.39 is 17.9 Å². The fourth-order valence-electron chi connectivity index (χ4n) is 8.51. The smallest absolute Gasteiger partial charge is 0.545 e. The van der Waals surface area contributed by atoms with E-state index in [1.54, 1.807) is 18.2 Å². The number of rotatable bonds is 30. The Morgan fingerprint density at radius 1 is 0.297 bits per heavy atom. The Labute approximate surface area is 402 Å². The fourth-order valence-corrected chi connectivity index (χ4v) is 8.51. The molecule has 0 bridgehead atoms. The molecular formula is C57H87AlO6. The van der Waals surface area contributed by atoms with Crippen LogP contribution in [0.3, 0.4) is 0 Å². The summed E-state index contributed by atoms with van der Waals surface area (Å²) in [5, 5.41) is 34.3. The maximum atomic E-state index is 11.4. The summed E-state index contributed by atoms with van der Waals surface area (Å²) < 4.78 is 0. The number of carboxylic acid groups (broad SMARTS) is 3. The summed E-state index contributed by atoms with van der Waals surface area (Å²) in [5.41, 5.74) is 12.3. The van der Waals surface area contributed by atoms with Crippen LogP contribution in [0, 0.1) is 0 Å². The first-order chi connectivity index (χ1) is 30.5. The average molecular weight is 895 g/mol. The van der Waals surface area contributed by atoms with Crippen molar-refractivity contribution in [1.29, 1.82) is 0 Å². The van der Waals surface area contributed by atoms with E-state index in [4.69, 9.17) is 0 Å². The van der Waals surface area contributed by atoms with Crippen LogP contribution in [-0.2, 0) is 57.8 Å². The topological polar surface area (TPSA) is 120 Å². The number of hydrogen-bond acceptors (Lipinski definition) is 6. The second-order valence-corrected chi connectivity index (χ2v) is 17.5. The van der Waals surface area contributed by atoms with Crippen molar-refractivity contribution < 1.29 is 29.7 Å². The van der Waals surface area contributed by atoms with Gasteiger partial charge in [-0.05, 0) is 166 Å². The number of aryl methyl sites for hydroxylation is 3. The normalized spacial score (nSPS) is 10.6. The predicted octanol–water partition coefficient (Wildman–Crippen LogP) is 11.9. The molecule has 0 aromatic heterocycles. The SMILES string of the molecule is CCCCc1ccc(C(=O)[O-])c(CCCC)c1CCCC.CCCCc1ccc(C(=O)[O-])c(CCCC)c1CCCC.CCCCc1ccc(C(=O)[O-])c(CCCC)c1CCCC.[Al+3]. The molecule has 0 heterocycles. The monoisotopic (exact) mass is 895 g/mol. The Bertz CT molecular complexity index is 1560. The van der Waals surface area contributed by atoms with E-state index in [2.05, 4.69) is 62.3 Å². The largest absolute Gasteiger partial charge is 3.00 e. The van der Waals surface area contributed by atoms with Crippen LogP contribution in [0.2, 0.25) is 0 Å². The Balaban J connectivity index is 0.000000923. The number of carboxylic acids is 3. The summed E-state index contributed by atoms with van der Waals surface area (Å²) in [7, 11) is 0. The Morgan fingerprint density at radius 2 is 0.469 bits per heavy atom. The fraction of sp³-hybridized carbons (Fsp3) is 0.632. The van der Waals surface area contributed by atoms with Crippen molar-refractivity contribution in [3.05, 3.63) is 103 Å². The molecule has 3 rings (SSSR count). The van der Waals surface area contributed by atoms with Gasteiger partial charge in [0.2, 0.25) is 0 Å². The number of unbranched alkanes of at least 4 members (excludes halogenated alkanes) is 9. The third-order valence-electron chi connectivity index (χ3n) is 12.3. The summed E-state index contributed by atoms with van der Waals surface area (Å²) in [6.45, 7) is 19.6. The first-order valence-corrected chi connectivity index (χ1v) is 25.5. The maximum Gasteiger partial charge on any atom is 3.00 e. The molecule has 3 aromatic rings. The van der Waals surface area contributed by atoms with E-state index in [9.17, 15) is 29.7 Å². The quantitative estimate of drug-likeness (QED) is 0.0615. The van der Waals surface area contributed by atoms with Crippen molar-refractivity contribution >= 4 is 35.3 Å². The van der Waals surface area contributed by atoms with Gasteiger partial charge in [-0.3, -0.25) is 0 Å². The predicted molar refractivity (Wildman–Crippen MR) is 266 cm³/mol. The minimum absolute atomic E-state index is 0. The van der Waals surface area contributed by atoms with Crippen molar-refractivity contribution in [2.24, 2.45) is 0 Å². The van der Waals surface area contributed by atoms with E-state index in [-0.39, 0.29) is 17.4 Å². The van der Waals surface area contributed by atoms with Crippen LogP contribution < -0.4 is 15.3 Å². The molecular weight excluding hydrogens is 808 g/mol. The van der Waals surface area contributed by atoms with Gasteiger partial charge in [-0.2, -0.15) is 0 Å². The van der Waals surface area contributed by atoms with Crippen molar-refractivity contribution in [3.8, 4) is 0 Å². The molecule has 0 N–H and O–H groups in total. The zero-order chi connectivity index (χ0) is 47.0.